The summed E-state index contributed by atoms with van der Waals surface area (Å²) < 4.78 is 38.5. The van der Waals surface area contributed by atoms with Gasteiger partial charge < -0.3 is 0 Å². The average Bonchev–Trinajstić information content (AvgIpc) is 2.47. The minimum Gasteiger partial charge on any atom is -0.207 e. The van der Waals surface area contributed by atoms with E-state index in [1.54, 1.807) is 36.0 Å². The van der Waals surface area contributed by atoms with E-state index in [1.165, 1.54) is 30.5 Å². The third kappa shape index (κ3) is 4.32. The molecule has 0 aliphatic rings. The van der Waals surface area contributed by atoms with Gasteiger partial charge in [0.2, 0.25) is 10.0 Å². The van der Waals surface area contributed by atoms with E-state index in [9.17, 15) is 12.8 Å². The third-order valence-electron chi connectivity index (χ3n) is 3.10. The summed E-state index contributed by atoms with van der Waals surface area (Å²) in [6, 6.07) is 13.4. The molecule has 6 heteroatoms. The van der Waals surface area contributed by atoms with Crippen LogP contribution in [0.2, 0.25) is 0 Å². The Morgan fingerprint density at radius 2 is 1.59 bits per heavy atom. The van der Waals surface area contributed by atoms with Gasteiger partial charge in [-0.2, -0.15) is 11.8 Å². The molecular weight excluding hydrogens is 321 g/mol. The minimum atomic E-state index is -3.41. The SMILES string of the molecule is CN(C)S(=O)(=O)c1cccc(CSCc2cccc(F)c2)c1. The first-order chi connectivity index (χ1) is 10.4. The van der Waals surface area contributed by atoms with Crippen LogP contribution in [0.25, 0.3) is 0 Å². The van der Waals surface area contributed by atoms with Crippen LogP contribution in [0, 0.1) is 5.82 Å². The summed E-state index contributed by atoms with van der Waals surface area (Å²) in [6.45, 7) is 0. The zero-order chi connectivity index (χ0) is 16.2. The second-order valence-corrected chi connectivity index (χ2v) is 8.19. The molecule has 0 saturated heterocycles. The fourth-order valence-electron chi connectivity index (χ4n) is 1.92. The van der Waals surface area contributed by atoms with E-state index >= 15 is 0 Å². The molecule has 3 nitrogen and oxygen atoms in total. The summed E-state index contributed by atoms with van der Waals surface area (Å²) in [5, 5.41) is 0. The molecule has 0 aliphatic carbocycles. The second-order valence-electron chi connectivity index (χ2n) is 5.06. The van der Waals surface area contributed by atoms with Gasteiger partial charge in [0.1, 0.15) is 5.82 Å². The molecule has 0 spiro atoms. The largest absolute Gasteiger partial charge is 0.242 e. The minimum absolute atomic E-state index is 0.239. The lowest BCUT2D eigenvalue weighted by molar-refractivity contribution is 0.520. The van der Waals surface area contributed by atoms with Crippen LogP contribution in [0.4, 0.5) is 4.39 Å². The molecule has 2 rings (SSSR count). The van der Waals surface area contributed by atoms with Crippen molar-refractivity contribution in [3.8, 4) is 0 Å². The number of thioether (sulfide) groups is 1. The van der Waals surface area contributed by atoms with E-state index < -0.39 is 10.0 Å². The molecule has 0 bridgehead atoms. The van der Waals surface area contributed by atoms with Crippen molar-refractivity contribution in [1.82, 2.24) is 4.31 Å². The molecule has 0 fully saturated rings. The van der Waals surface area contributed by atoms with Gasteiger partial charge >= 0.3 is 0 Å². The summed E-state index contributed by atoms with van der Waals surface area (Å²) in [6.07, 6.45) is 0. The van der Waals surface area contributed by atoms with Crippen LogP contribution in [-0.2, 0) is 21.5 Å². The van der Waals surface area contributed by atoms with Crippen LogP contribution in [-0.4, -0.2) is 26.8 Å². The highest BCUT2D eigenvalue weighted by Gasteiger charge is 2.16. The number of halogens is 1. The molecule has 0 aromatic heterocycles. The Morgan fingerprint density at radius 1 is 1.00 bits per heavy atom. The Kier molecular flexibility index (Phi) is 5.61. The van der Waals surface area contributed by atoms with Gasteiger partial charge in [-0.15, -0.1) is 0 Å². The van der Waals surface area contributed by atoms with Crippen LogP contribution < -0.4 is 0 Å². The summed E-state index contributed by atoms with van der Waals surface area (Å²) in [5.41, 5.74) is 1.85. The van der Waals surface area contributed by atoms with Crippen LogP contribution in [0.3, 0.4) is 0 Å². The lowest BCUT2D eigenvalue weighted by Crippen LogP contribution is -2.22. The van der Waals surface area contributed by atoms with Crippen LogP contribution >= 0.6 is 11.8 Å². The molecule has 0 heterocycles. The molecule has 0 atom stereocenters. The summed E-state index contributed by atoms with van der Waals surface area (Å²) in [5.74, 6) is 1.12. The molecule has 22 heavy (non-hydrogen) atoms. The van der Waals surface area contributed by atoms with E-state index in [1.807, 2.05) is 12.1 Å². The van der Waals surface area contributed by atoms with E-state index in [0.717, 1.165) is 11.1 Å². The third-order valence-corrected chi connectivity index (χ3v) is 5.99. The first-order valence-electron chi connectivity index (χ1n) is 6.73. The number of benzene rings is 2. The molecule has 0 unspecified atom stereocenters. The summed E-state index contributed by atoms with van der Waals surface area (Å²) >= 11 is 1.62. The molecule has 0 N–H and O–H groups in total. The average molecular weight is 339 g/mol. The van der Waals surface area contributed by atoms with Gasteiger partial charge in [0, 0.05) is 25.6 Å². The van der Waals surface area contributed by atoms with Gasteiger partial charge in [-0.25, -0.2) is 17.1 Å². The Bertz CT molecular complexity index is 745. The van der Waals surface area contributed by atoms with E-state index in [2.05, 4.69) is 0 Å². The van der Waals surface area contributed by atoms with Crippen molar-refractivity contribution in [2.75, 3.05) is 14.1 Å². The quantitative estimate of drug-likeness (QED) is 0.808. The zero-order valence-corrected chi connectivity index (χ0v) is 14.1. The Labute approximate surface area is 135 Å². The van der Waals surface area contributed by atoms with Gasteiger partial charge in [-0.05, 0) is 35.4 Å². The van der Waals surface area contributed by atoms with Gasteiger partial charge in [-0.3, -0.25) is 0 Å². The molecule has 0 radical (unpaired) electrons. The number of nitrogens with zero attached hydrogens (tertiary/aromatic N) is 1. The molecule has 0 saturated carbocycles. The lowest BCUT2D eigenvalue weighted by Gasteiger charge is -2.12. The maximum absolute atomic E-state index is 13.1. The van der Waals surface area contributed by atoms with Crippen molar-refractivity contribution in [1.29, 1.82) is 0 Å². The maximum atomic E-state index is 13.1. The predicted octanol–water partition coefficient (Wildman–Crippen LogP) is 3.51. The van der Waals surface area contributed by atoms with Crippen molar-refractivity contribution in [3.05, 3.63) is 65.5 Å². The normalized spacial score (nSPS) is 11.8. The van der Waals surface area contributed by atoms with E-state index in [-0.39, 0.29) is 5.82 Å². The predicted molar refractivity (Wildman–Crippen MR) is 88.7 cm³/mol. The second kappa shape index (κ2) is 7.26. The van der Waals surface area contributed by atoms with Crippen molar-refractivity contribution in [3.63, 3.8) is 0 Å². The van der Waals surface area contributed by atoms with Gasteiger partial charge in [-0.1, -0.05) is 24.3 Å². The van der Waals surface area contributed by atoms with Crippen molar-refractivity contribution in [2.24, 2.45) is 0 Å². The number of hydrogen-bond acceptors (Lipinski definition) is 3. The first kappa shape index (κ1) is 17.0. The molecule has 0 aliphatic heterocycles. The topological polar surface area (TPSA) is 37.4 Å². The van der Waals surface area contributed by atoms with Crippen LogP contribution in [0.1, 0.15) is 11.1 Å². The molecule has 118 valence electrons. The highest BCUT2D eigenvalue weighted by atomic mass is 32.2. The maximum Gasteiger partial charge on any atom is 0.242 e. The van der Waals surface area contributed by atoms with Crippen LogP contribution in [0.5, 0.6) is 0 Å². The highest BCUT2D eigenvalue weighted by Crippen LogP contribution is 2.21. The van der Waals surface area contributed by atoms with Gasteiger partial charge in [0.25, 0.3) is 0 Å². The van der Waals surface area contributed by atoms with E-state index in [0.29, 0.717) is 16.4 Å². The molecule has 0 amide bonds. The Morgan fingerprint density at radius 3 is 2.18 bits per heavy atom. The monoisotopic (exact) mass is 339 g/mol. The summed E-state index contributed by atoms with van der Waals surface area (Å²) in [7, 11) is -0.379. The molecule has 2 aromatic carbocycles. The van der Waals surface area contributed by atoms with E-state index in [4.69, 9.17) is 0 Å². The Balaban J connectivity index is 2.02. The van der Waals surface area contributed by atoms with Crippen LogP contribution in [0.15, 0.2) is 53.4 Å². The van der Waals surface area contributed by atoms with Crippen molar-refractivity contribution >= 4 is 21.8 Å². The Hall–Kier alpha value is -1.37. The first-order valence-corrected chi connectivity index (χ1v) is 9.33. The summed E-state index contributed by atoms with van der Waals surface area (Å²) in [4.78, 5) is 0.293. The fourth-order valence-corrected chi connectivity index (χ4v) is 3.83. The number of rotatable bonds is 6. The van der Waals surface area contributed by atoms with Gasteiger partial charge in [0.05, 0.1) is 4.90 Å². The number of hydrogen-bond donors (Lipinski definition) is 0. The number of sulfonamides is 1. The van der Waals surface area contributed by atoms with Crippen molar-refractivity contribution in [2.45, 2.75) is 16.4 Å². The standard InChI is InChI=1S/C16H18FNO2S2/c1-18(2)22(19,20)16-8-4-6-14(10-16)12-21-11-13-5-3-7-15(17)9-13/h3-10H,11-12H2,1-2H3. The lowest BCUT2D eigenvalue weighted by atomic mass is 10.2. The smallest absolute Gasteiger partial charge is 0.207 e. The van der Waals surface area contributed by atoms with Gasteiger partial charge in [0.15, 0.2) is 0 Å². The fraction of sp³-hybridized carbons (Fsp3) is 0.250. The highest BCUT2D eigenvalue weighted by molar-refractivity contribution is 7.97. The van der Waals surface area contributed by atoms with Crippen molar-refractivity contribution < 1.29 is 12.8 Å². The zero-order valence-electron chi connectivity index (χ0n) is 12.5. The molecule has 2 aromatic rings. The molecular formula is C16H18FNO2S2.